The highest BCUT2D eigenvalue weighted by atomic mass is 32.2. The zero-order valence-corrected chi connectivity index (χ0v) is 13.5. The molecule has 0 spiro atoms. The maximum absolute atomic E-state index is 11.5. The number of thioether (sulfide) groups is 1. The van der Waals surface area contributed by atoms with Crippen LogP contribution in [0.15, 0.2) is 6.20 Å². The first kappa shape index (κ1) is 17.9. The number of carbonyl (C=O) groups excluding carboxylic acids is 2. The first-order valence-corrected chi connectivity index (χ1v) is 7.61. The van der Waals surface area contributed by atoms with Gasteiger partial charge in [0.1, 0.15) is 0 Å². The molecule has 7 heteroatoms. The first-order chi connectivity index (χ1) is 10.5. The van der Waals surface area contributed by atoms with Crippen molar-refractivity contribution in [2.75, 3.05) is 13.2 Å². The van der Waals surface area contributed by atoms with Gasteiger partial charge in [0.2, 0.25) is 0 Å². The third kappa shape index (κ3) is 4.97. The van der Waals surface area contributed by atoms with Gasteiger partial charge in [-0.3, -0.25) is 4.98 Å². The zero-order valence-electron chi connectivity index (χ0n) is 12.7. The molecule has 0 aliphatic heterocycles. The fourth-order valence-electron chi connectivity index (χ4n) is 1.56. The molecule has 0 fully saturated rings. The van der Waals surface area contributed by atoms with Crippen LogP contribution in [-0.4, -0.2) is 29.7 Å². The van der Waals surface area contributed by atoms with Crippen LogP contribution in [0.2, 0.25) is 0 Å². The fraction of sp³-hybridized carbons (Fsp3) is 0.400. The van der Waals surface area contributed by atoms with Gasteiger partial charge in [-0.2, -0.15) is 0 Å². The molecule has 0 N–H and O–H groups in total. The average molecular weight is 323 g/mol. The number of aryl methyl sites for hydroxylation is 1. The summed E-state index contributed by atoms with van der Waals surface area (Å²) in [5, 5.41) is -0.429. The molecule has 0 bridgehead atoms. The summed E-state index contributed by atoms with van der Waals surface area (Å²) in [6.45, 7) is 5.54. The van der Waals surface area contributed by atoms with Crippen molar-refractivity contribution in [1.29, 1.82) is 0 Å². The van der Waals surface area contributed by atoms with Crippen LogP contribution in [0.5, 0.6) is 5.75 Å². The van der Waals surface area contributed by atoms with E-state index in [9.17, 15) is 9.59 Å². The lowest BCUT2D eigenvalue weighted by Crippen LogP contribution is -2.13. The summed E-state index contributed by atoms with van der Waals surface area (Å²) in [7, 11) is 0. The van der Waals surface area contributed by atoms with E-state index < -0.39 is 11.5 Å². The van der Waals surface area contributed by atoms with Gasteiger partial charge in [0.05, 0.1) is 24.5 Å². The van der Waals surface area contributed by atoms with E-state index in [1.165, 1.54) is 6.20 Å². The Bertz CT molecular complexity index is 594. The molecule has 0 saturated heterocycles. The summed E-state index contributed by atoms with van der Waals surface area (Å²) in [6, 6.07) is 0. The number of terminal acetylenes is 1. The molecule has 0 unspecified atom stereocenters. The molecule has 1 rings (SSSR count). The van der Waals surface area contributed by atoms with Crippen LogP contribution >= 0.6 is 11.8 Å². The van der Waals surface area contributed by atoms with Gasteiger partial charge in [-0.25, -0.2) is 9.59 Å². The topological polar surface area (TPSA) is 74.7 Å². The largest absolute Gasteiger partial charge is 0.513 e. The highest BCUT2D eigenvalue weighted by Gasteiger charge is 2.18. The zero-order chi connectivity index (χ0) is 16.5. The van der Waals surface area contributed by atoms with Crippen molar-refractivity contribution in [2.45, 2.75) is 26.5 Å². The maximum Gasteiger partial charge on any atom is 0.513 e. The van der Waals surface area contributed by atoms with Gasteiger partial charge in [0.15, 0.2) is 5.75 Å². The lowest BCUT2D eigenvalue weighted by molar-refractivity contribution is 0.103. The van der Waals surface area contributed by atoms with Crippen molar-refractivity contribution in [1.82, 2.24) is 4.98 Å². The van der Waals surface area contributed by atoms with Gasteiger partial charge in [-0.15, -0.1) is 6.42 Å². The average Bonchev–Trinajstić information content (AvgIpc) is 2.48. The van der Waals surface area contributed by atoms with E-state index in [-0.39, 0.29) is 24.7 Å². The molecular weight excluding hydrogens is 306 g/mol. The lowest BCUT2D eigenvalue weighted by atomic mass is 10.1. The predicted molar refractivity (Wildman–Crippen MR) is 82.9 cm³/mol. The van der Waals surface area contributed by atoms with Crippen LogP contribution in [0, 0.1) is 19.3 Å². The Morgan fingerprint density at radius 2 is 2.00 bits per heavy atom. The number of pyridine rings is 1. The molecule has 0 radical (unpaired) electrons. The molecule has 0 atom stereocenters. The van der Waals surface area contributed by atoms with Gasteiger partial charge in [0.25, 0.3) is 0 Å². The van der Waals surface area contributed by atoms with Gasteiger partial charge < -0.3 is 14.2 Å². The van der Waals surface area contributed by atoms with E-state index >= 15 is 0 Å². The monoisotopic (exact) mass is 323 g/mol. The second kappa shape index (κ2) is 8.95. The second-order valence-corrected chi connectivity index (χ2v) is 4.88. The SMILES string of the molecule is C#Cc1cnc(C)c(OC(=O)OCC)c1CSC(=O)OCC. The highest BCUT2D eigenvalue weighted by Crippen LogP contribution is 2.29. The standard InChI is InChI=1S/C15H17NO5S/c1-5-11-8-16-10(4)13(21-14(17)19-6-2)12(11)9-22-15(18)20-7-3/h1,8H,6-7,9H2,2-4H3. The molecule has 6 nitrogen and oxygen atoms in total. The normalized spacial score (nSPS) is 9.73. The summed E-state index contributed by atoms with van der Waals surface area (Å²) < 4.78 is 14.8. The smallest absolute Gasteiger partial charge is 0.458 e. The number of rotatable bonds is 5. The Morgan fingerprint density at radius 3 is 2.59 bits per heavy atom. The van der Waals surface area contributed by atoms with Crippen molar-refractivity contribution < 1.29 is 23.8 Å². The Morgan fingerprint density at radius 1 is 1.32 bits per heavy atom. The van der Waals surface area contributed by atoms with Crippen molar-refractivity contribution in [3.8, 4) is 18.1 Å². The molecule has 1 aromatic rings. The van der Waals surface area contributed by atoms with E-state index in [1.807, 2.05) is 0 Å². The van der Waals surface area contributed by atoms with E-state index in [2.05, 4.69) is 10.9 Å². The Balaban J connectivity index is 3.05. The fourth-order valence-corrected chi connectivity index (χ4v) is 2.31. The van der Waals surface area contributed by atoms with Crippen LogP contribution in [-0.2, 0) is 15.2 Å². The molecule has 0 saturated carbocycles. The van der Waals surface area contributed by atoms with Crippen LogP contribution in [0.3, 0.4) is 0 Å². The van der Waals surface area contributed by atoms with Crippen LogP contribution < -0.4 is 4.74 Å². The van der Waals surface area contributed by atoms with Crippen molar-refractivity contribution in [3.05, 3.63) is 23.0 Å². The van der Waals surface area contributed by atoms with Gasteiger partial charge in [0, 0.05) is 17.5 Å². The highest BCUT2D eigenvalue weighted by molar-refractivity contribution is 8.12. The summed E-state index contributed by atoms with van der Waals surface area (Å²) in [5.41, 5.74) is 1.45. The van der Waals surface area contributed by atoms with Gasteiger partial charge in [-0.1, -0.05) is 5.92 Å². The molecule has 0 amide bonds. The van der Waals surface area contributed by atoms with Gasteiger partial charge in [-0.05, 0) is 32.5 Å². The summed E-state index contributed by atoms with van der Waals surface area (Å²) in [5.74, 6) is 2.88. The Kier molecular flexibility index (Phi) is 7.26. The third-order valence-corrected chi connectivity index (χ3v) is 3.30. The molecule has 0 aliphatic rings. The quantitative estimate of drug-likeness (QED) is 0.608. The molecule has 1 heterocycles. The summed E-state index contributed by atoms with van der Waals surface area (Å²) in [6.07, 6.45) is 6.09. The van der Waals surface area contributed by atoms with Crippen LogP contribution in [0.1, 0.15) is 30.7 Å². The molecule has 118 valence electrons. The molecule has 1 aromatic heterocycles. The predicted octanol–water partition coefficient (Wildman–Crippen LogP) is 3.30. The Hall–Kier alpha value is -2.20. The first-order valence-electron chi connectivity index (χ1n) is 6.62. The Labute approximate surface area is 133 Å². The van der Waals surface area contributed by atoms with E-state index in [4.69, 9.17) is 20.6 Å². The number of ether oxygens (including phenoxy) is 3. The third-order valence-electron chi connectivity index (χ3n) is 2.51. The summed E-state index contributed by atoms with van der Waals surface area (Å²) >= 11 is 0.930. The van der Waals surface area contributed by atoms with Crippen molar-refractivity contribution in [2.24, 2.45) is 0 Å². The minimum Gasteiger partial charge on any atom is -0.458 e. The van der Waals surface area contributed by atoms with Crippen LogP contribution in [0.4, 0.5) is 9.59 Å². The van der Waals surface area contributed by atoms with E-state index in [1.54, 1.807) is 20.8 Å². The lowest BCUT2D eigenvalue weighted by Gasteiger charge is -2.13. The minimum atomic E-state index is -0.844. The van der Waals surface area contributed by atoms with Gasteiger partial charge >= 0.3 is 11.5 Å². The molecule has 0 aliphatic carbocycles. The summed E-state index contributed by atoms with van der Waals surface area (Å²) in [4.78, 5) is 27.1. The number of hydrogen-bond acceptors (Lipinski definition) is 7. The molecule has 0 aromatic carbocycles. The number of carbonyl (C=O) groups is 2. The number of hydrogen-bond donors (Lipinski definition) is 0. The maximum atomic E-state index is 11.5. The van der Waals surface area contributed by atoms with E-state index in [0.29, 0.717) is 16.8 Å². The second-order valence-electron chi connectivity index (χ2n) is 3.97. The van der Waals surface area contributed by atoms with Crippen molar-refractivity contribution >= 4 is 23.2 Å². The van der Waals surface area contributed by atoms with Crippen LogP contribution in [0.25, 0.3) is 0 Å². The van der Waals surface area contributed by atoms with Crippen molar-refractivity contribution in [3.63, 3.8) is 0 Å². The number of nitrogens with zero attached hydrogens (tertiary/aromatic N) is 1. The number of aromatic nitrogens is 1. The molecule has 22 heavy (non-hydrogen) atoms. The van der Waals surface area contributed by atoms with E-state index in [0.717, 1.165) is 11.8 Å². The molecular formula is C15H17NO5S. The minimum absolute atomic E-state index is 0.188.